The van der Waals surface area contributed by atoms with Gasteiger partial charge in [-0.25, -0.2) is 10.4 Å². The molecule has 1 aromatic heterocycles. The van der Waals surface area contributed by atoms with E-state index >= 15 is 0 Å². The van der Waals surface area contributed by atoms with E-state index < -0.39 is 0 Å². The van der Waals surface area contributed by atoms with Crippen molar-refractivity contribution in [2.24, 2.45) is 5.10 Å². The average Bonchev–Trinajstić information content (AvgIpc) is 3.20. The first-order chi connectivity index (χ1) is 15.2. The summed E-state index contributed by atoms with van der Waals surface area (Å²) in [4.78, 5) is 16.6. The Hall–Kier alpha value is -2.58. The van der Waals surface area contributed by atoms with Crippen LogP contribution in [0.15, 0.2) is 51.9 Å². The van der Waals surface area contributed by atoms with Gasteiger partial charge in [0.2, 0.25) is 0 Å². The smallest absolute Gasteiger partial charge is 0.250 e. The van der Waals surface area contributed by atoms with Crippen LogP contribution >= 0.6 is 23.1 Å². The van der Waals surface area contributed by atoms with Gasteiger partial charge >= 0.3 is 0 Å². The number of nitrogens with one attached hydrogen (secondary N) is 1. The molecule has 0 radical (unpaired) electrons. The number of hydrogen-bond donors (Lipinski definition) is 1. The zero-order valence-corrected chi connectivity index (χ0v) is 19.4. The highest BCUT2D eigenvalue weighted by Crippen LogP contribution is 2.29. The maximum absolute atomic E-state index is 12.1. The van der Waals surface area contributed by atoms with Crippen LogP contribution in [-0.4, -0.2) is 36.1 Å². The third-order valence-corrected chi connectivity index (χ3v) is 6.46. The second-order valence-corrected chi connectivity index (χ2v) is 8.98. The summed E-state index contributed by atoms with van der Waals surface area (Å²) in [5.74, 6) is 1.49. The number of thioether (sulfide) groups is 1. The zero-order valence-electron chi connectivity index (χ0n) is 17.8. The van der Waals surface area contributed by atoms with Crippen molar-refractivity contribution >= 4 is 45.4 Å². The predicted octanol–water partition coefficient (Wildman–Crippen LogP) is 5.51. The summed E-state index contributed by atoms with van der Waals surface area (Å²) in [5, 5.41) is 4.06. The first kappa shape index (κ1) is 23.1. The number of fused-ring (bicyclic) bond motifs is 1. The van der Waals surface area contributed by atoms with Gasteiger partial charge in [0.1, 0.15) is 0 Å². The fourth-order valence-corrected chi connectivity index (χ4v) is 4.64. The number of amides is 1. The highest BCUT2D eigenvalue weighted by atomic mass is 32.2. The SMILES string of the molecule is CCCCCOc1ccc(/C=N/NC(=O)CSc2nc3ccccc3s2)cc1OCC. The average molecular weight is 458 g/mol. The van der Waals surface area contributed by atoms with E-state index in [1.165, 1.54) is 11.8 Å². The van der Waals surface area contributed by atoms with E-state index in [2.05, 4.69) is 22.4 Å². The van der Waals surface area contributed by atoms with Crippen molar-refractivity contribution in [3.8, 4) is 11.5 Å². The summed E-state index contributed by atoms with van der Waals surface area (Å²) in [5.41, 5.74) is 4.34. The second kappa shape index (κ2) is 12.3. The molecule has 0 bridgehead atoms. The third-order valence-electron chi connectivity index (χ3n) is 4.28. The molecule has 0 aliphatic heterocycles. The minimum atomic E-state index is -0.179. The molecule has 31 heavy (non-hydrogen) atoms. The van der Waals surface area contributed by atoms with E-state index in [0.717, 1.165) is 45.1 Å². The Labute approximate surface area is 191 Å². The van der Waals surface area contributed by atoms with E-state index in [0.29, 0.717) is 19.0 Å². The van der Waals surface area contributed by atoms with Crippen LogP contribution in [0.2, 0.25) is 0 Å². The number of thiazole rings is 1. The minimum Gasteiger partial charge on any atom is -0.490 e. The van der Waals surface area contributed by atoms with Crippen LogP contribution in [-0.2, 0) is 4.79 Å². The summed E-state index contributed by atoms with van der Waals surface area (Å²) in [7, 11) is 0. The number of carbonyl (C=O) groups is 1. The summed E-state index contributed by atoms with van der Waals surface area (Å²) in [6, 6.07) is 13.6. The number of carbonyl (C=O) groups excluding carboxylic acids is 1. The highest BCUT2D eigenvalue weighted by molar-refractivity contribution is 8.01. The molecule has 1 heterocycles. The Morgan fingerprint density at radius 1 is 1.16 bits per heavy atom. The normalized spacial score (nSPS) is 11.2. The van der Waals surface area contributed by atoms with Gasteiger partial charge in [-0.2, -0.15) is 5.10 Å². The van der Waals surface area contributed by atoms with E-state index in [9.17, 15) is 4.79 Å². The number of nitrogens with zero attached hydrogens (tertiary/aromatic N) is 2. The van der Waals surface area contributed by atoms with Gasteiger partial charge in [-0.05, 0) is 49.2 Å². The van der Waals surface area contributed by atoms with Crippen LogP contribution in [0, 0.1) is 0 Å². The van der Waals surface area contributed by atoms with Crippen molar-refractivity contribution in [3.05, 3.63) is 48.0 Å². The summed E-state index contributed by atoms with van der Waals surface area (Å²) >= 11 is 2.99. The molecular weight excluding hydrogens is 430 g/mol. The van der Waals surface area contributed by atoms with Crippen LogP contribution in [0.5, 0.6) is 11.5 Å². The second-order valence-electron chi connectivity index (χ2n) is 6.72. The van der Waals surface area contributed by atoms with E-state index in [1.54, 1.807) is 17.6 Å². The first-order valence-electron chi connectivity index (χ1n) is 10.4. The number of unbranched alkanes of at least 4 members (excludes halogenated alkanes) is 2. The Kier molecular flexibility index (Phi) is 9.17. The van der Waals surface area contributed by atoms with E-state index in [-0.39, 0.29) is 11.7 Å². The monoisotopic (exact) mass is 457 g/mol. The molecule has 0 unspecified atom stereocenters. The fourth-order valence-electron chi connectivity index (χ4n) is 2.78. The van der Waals surface area contributed by atoms with Crippen molar-refractivity contribution in [1.82, 2.24) is 10.4 Å². The van der Waals surface area contributed by atoms with Gasteiger partial charge in [0.25, 0.3) is 5.91 Å². The molecule has 8 heteroatoms. The molecule has 2 aromatic carbocycles. The molecule has 164 valence electrons. The number of hydrogen-bond acceptors (Lipinski definition) is 7. The van der Waals surface area contributed by atoms with Crippen molar-refractivity contribution < 1.29 is 14.3 Å². The van der Waals surface area contributed by atoms with Crippen LogP contribution in [0.3, 0.4) is 0 Å². The summed E-state index contributed by atoms with van der Waals surface area (Å²) in [6.45, 7) is 5.32. The molecule has 3 rings (SSSR count). The molecule has 0 saturated heterocycles. The van der Waals surface area contributed by atoms with Gasteiger partial charge in [-0.15, -0.1) is 11.3 Å². The molecule has 1 N–H and O–H groups in total. The number of hydrazone groups is 1. The third kappa shape index (κ3) is 7.25. The Morgan fingerprint density at radius 2 is 2.03 bits per heavy atom. The van der Waals surface area contributed by atoms with Crippen LogP contribution in [0.1, 0.15) is 38.7 Å². The van der Waals surface area contributed by atoms with Crippen molar-refractivity contribution in [3.63, 3.8) is 0 Å². The minimum absolute atomic E-state index is 0.179. The Bertz CT molecular complexity index is 987. The quantitative estimate of drug-likeness (QED) is 0.168. The van der Waals surface area contributed by atoms with Crippen LogP contribution in [0.4, 0.5) is 0 Å². The number of ether oxygens (including phenoxy) is 2. The maximum Gasteiger partial charge on any atom is 0.250 e. The number of rotatable bonds is 12. The predicted molar refractivity (Wildman–Crippen MR) is 129 cm³/mol. The summed E-state index contributed by atoms with van der Waals surface area (Å²) in [6.07, 6.45) is 4.92. The topological polar surface area (TPSA) is 72.8 Å². The van der Waals surface area contributed by atoms with Crippen molar-refractivity contribution in [2.75, 3.05) is 19.0 Å². The lowest BCUT2D eigenvalue weighted by atomic mass is 10.2. The molecule has 0 fully saturated rings. The molecule has 1 amide bonds. The van der Waals surface area contributed by atoms with E-state index in [1.807, 2.05) is 49.4 Å². The Balaban J connectivity index is 1.50. The molecule has 3 aromatic rings. The molecule has 0 atom stereocenters. The molecule has 6 nitrogen and oxygen atoms in total. The van der Waals surface area contributed by atoms with Gasteiger partial charge in [0.05, 0.1) is 35.4 Å². The summed E-state index contributed by atoms with van der Waals surface area (Å²) < 4.78 is 13.5. The molecule has 0 aliphatic carbocycles. The van der Waals surface area contributed by atoms with Crippen LogP contribution < -0.4 is 14.9 Å². The van der Waals surface area contributed by atoms with Gasteiger partial charge in [0, 0.05) is 0 Å². The lowest BCUT2D eigenvalue weighted by Crippen LogP contribution is -2.19. The van der Waals surface area contributed by atoms with Gasteiger partial charge in [-0.1, -0.05) is 43.7 Å². The molecule has 0 aliphatic rings. The van der Waals surface area contributed by atoms with Crippen molar-refractivity contribution in [1.29, 1.82) is 0 Å². The standard InChI is InChI=1S/C23H27N3O3S2/c1-3-5-8-13-29-19-12-11-17(14-20(19)28-4-2)15-24-26-22(27)16-30-23-25-18-9-6-7-10-21(18)31-23/h6-7,9-12,14-15H,3-5,8,13,16H2,1-2H3,(H,26,27)/b24-15+. The number of aromatic nitrogens is 1. The van der Waals surface area contributed by atoms with Gasteiger partial charge < -0.3 is 9.47 Å². The lowest BCUT2D eigenvalue weighted by molar-refractivity contribution is -0.118. The highest BCUT2D eigenvalue weighted by Gasteiger charge is 2.08. The van der Waals surface area contributed by atoms with Crippen molar-refractivity contribution in [2.45, 2.75) is 37.4 Å². The van der Waals surface area contributed by atoms with E-state index in [4.69, 9.17) is 9.47 Å². The van der Waals surface area contributed by atoms with Gasteiger partial charge in [0.15, 0.2) is 15.8 Å². The lowest BCUT2D eigenvalue weighted by Gasteiger charge is -2.12. The van der Waals surface area contributed by atoms with Crippen LogP contribution in [0.25, 0.3) is 10.2 Å². The maximum atomic E-state index is 12.1. The largest absolute Gasteiger partial charge is 0.490 e. The molecular formula is C23H27N3O3S2. The van der Waals surface area contributed by atoms with Gasteiger partial charge in [-0.3, -0.25) is 4.79 Å². The molecule has 0 spiro atoms. The first-order valence-corrected chi connectivity index (χ1v) is 12.2. The Morgan fingerprint density at radius 3 is 2.84 bits per heavy atom. The fraction of sp³-hybridized carbons (Fsp3) is 0.348. The zero-order chi connectivity index (χ0) is 21.9. The number of para-hydroxylation sites is 1. The molecule has 0 saturated carbocycles. The number of benzene rings is 2.